The molecule has 5 rings (SSSR count). The molecule has 1 fully saturated rings. The number of nitrogens with zero attached hydrogens (tertiary/aromatic N) is 2. The fraction of sp³-hybridized carbons (Fsp3) is 0.389. The van der Waals surface area contributed by atoms with Crippen molar-refractivity contribution in [3.63, 3.8) is 0 Å². The maximum atomic E-state index is 14.4. The first-order valence-corrected chi connectivity index (χ1v) is 16.8. The fourth-order valence-corrected chi connectivity index (χ4v) is 7.47. The van der Waals surface area contributed by atoms with E-state index in [2.05, 4.69) is 4.74 Å². The molecule has 0 atom stereocenters. The first-order chi connectivity index (χ1) is 22.6. The van der Waals surface area contributed by atoms with E-state index in [0.717, 1.165) is 21.2 Å². The molecule has 1 heterocycles. The second kappa shape index (κ2) is 14.3. The molecule has 1 aromatic heterocycles. The van der Waals surface area contributed by atoms with Crippen molar-refractivity contribution in [1.82, 2.24) is 9.80 Å². The van der Waals surface area contributed by atoms with E-state index in [4.69, 9.17) is 21.1 Å². The second-order valence-corrected chi connectivity index (χ2v) is 14.3. The van der Waals surface area contributed by atoms with Crippen LogP contribution in [0.2, 0.25) is 5.02 Å². The Kier molecular flexibility index (Phi) is 10.5. The summed E-state index contributed by atoms with van der Waals surface area (Å²) in [5.41, 5.74) is 1.52. The van der Waals surface area contributed by atoms with Gasteiger partial charge in [-0.3, -0.25) is 4.79 Å². The van der Waals surface area contributed by atoms with Crippen LogP contribution in [0.15, 0.2) is 66.7 Å². The number of methoxy groups -OCH3 is 1. The van der Waals surface area contributed by atoms with E-state index in [9.17, 15) is 22.8 Å². The van der Waals surface area contributed by atoms with Crippen LogP contribution in [0.4, 0.5) is 18.0 Å². The predicted molar refractivity (Wildman–Crippen MR) is 182 cm³/mol. The number of hydrogen-bond acceptors (Lipinski definition) is 6. The van der Waals surface area contributed by atoms with E-state index in [1.165, 1.54) is 23.5 Å². The van der Waals surface area contributed by atoms with E-state index in [1.807, 2.05) is 62.1 Å². The van der Waals surface area contributed by atoms with Gasteiger partial charge in [-0.2, -0.15) is 0 Å². The minimum atomic E-state index is -4.79. The lowest BCUT2D eigenvalue weighted by Crippen LogP contribution is -2.47. The van der Waals surface area contributed by atoms with Gasteiger partial charge >= 0.3 is 12.5 Å². The monoisotopic (exact) mass is 702 g/mol. The number of rotatable bonds is 8. The van der Waals surface area contributed by atoms with Crippen LogP contribution in [0.25, 0.3) is 21.2 Å². The van der Waals surface area contributed by atoms with Crippen LogP contribution in [0.3, 0.4) is 0 Å². The number of ether oxygens (including phenoxy) is 3. The fourth-order valence-electron chi connectivity index (χ4n) is 6.00. The number of hydrogen-bond donors (Lipinski definition) is 0. The van der Waals surface area contributed by atoms with Gasteiger partial charge in [0.25, 0.3) is 5.91 Å². The summed E-state index contributed by atoms with van der Waals surface area (Å²) in [5, 5.41) is 1.22. The van der Waals surface area contributed by atoms with Crippen LogP contribution in [0.5, 0.6) is 11.5 Å². The smallest absolute Gasteiger partial charge is 0.496 e. The summed E-state index contributed by atoms with van der Waals surface area (Å²) in [5.74, 6) is 0.0468. The highest BCUT2D eigenvalue weighted by atomic mass is 35.5. The number of carbonyl (C=O) groups is 2. The molecule has 7 nitrogen and oxygen atoms in total. The van der Waals surface area contributed by atoms with Crippen molar-refractivity contribution >= 4 is 45.0 Å². The zero-order chi connectivity index (χ0) is 34.8. The Hall–Kier alpha value is -3.96. The molecule has 0 saturated heterocycles. The first kappa shape index (κ1) is 35.3. The van der Waals surface area contributed by atoms with Crippen molar-refractivity contribution in [2.75, 3.05) is 14.2 Å². The van der Waals surface area contributed by atoms with Crippen LogP contribution in [0, 0.1) is 0 Å². The van der Waals surface area contributed by atoms with Crippen LogP contribution in [0.1, 0.15) is 61.7 Å². The van der Waals surface area contributed by atoms with Gasteiger partial charge in [-0.1, -0.05) is 48.0 Å². The molecule has 1 aliphatic carbocycles. The lowest BCUT2D eigenvalue weighted by molar-refractivity contribution is -0.274. The van der Waals surface area contributed by atoms with Gasteiger partial charge in [0.1, 0.15) is 22.0 Å². The number of carbonyl (C=O) groups excluding carboxylic acids is 2. The first-order valence-electron chi connectivity index (χ1n) is 15.6. The molecule has 48 heavy (non-hydrogen) atoms. The van der Waals surface area contributed by atoms with E-state index in [-0.39, 0.29) is 36.4 Å². The van der Waals surface area contributed by atoms with Crippen molar-refractivity contribution in [3.05, 3.63) is 82.2 Å². The molecule has 0 spiro atoms. The summed E-state index contributed by atoms with van der Waals surface area (Å²) >= 11 is 8.16. The second-order valence-electron chi connectivity index (χ2n) is 12.8. The number of fused-ring (bicyclic) bond motifs is 1. The zero-order valence-corrected chi connectivity index (χ0v) is 29.0. The molecule has 256 valence electrons. The van der Waals surface area contributed by atoms with Crippen LogP contribution in [-0.4, -0.2) is 60.0 Å². The quantitative estimate of drug-likeness (QED) is 0.183. The number of alkyl halides is 3. The molecule has 0 aliphatic heterocycles. The Morgan fingerprint density at radius 3 is 2.15 bits per heavy atom. The summed E-state index contributed by atoms with van der Waals surface area (Å²) in [7, 11) is 3.30. The molecular formula is C36H38ClF3N2O5S. The highest BCUT2D eigenvalue weighted by molar-refractivity contribution is 7.21. The Labute approximate surface area is 287 Å². The van der Waals surface area contributed by atoms with Crippen molar-refractivity contribution in [3.8, 4) is 22.6 Å². The summed E-state index contributed by atoms with van der Waals surface area (Å²) in [4.78, 5) is 31.2. The van der Waals surface area contributed by atoms with Gasteiger partial charge in [0.05, 0.1) is 12.1 Å². The highest BCUT2D eigenvalue weighted by Gasteiger charge is 2.35. The molecule has 1 aliphatic rings. The highest BCUT2D eigenvalue weighted by Crippen LogP contribution is 2.39. The summed E-state index contributed by atoms with van der Waals surface area (Å²) in [6, 6.07) is 18.5. The summed E-state index contributed by atoms with van der Waals surface area (Å²) in [6.45, 7) is 5.70. The van der Waals surface area contributed by atoms with E-state index in [0.29, 0.717) is 46.9 Å². The van der Waals surface area contributed by atoms with Crippen LogP contribution >= 0.6 is 22.9 Å². The zero-order valence-electron chi connectivity index (χ0n) is 27.4. The normalized spacial score (nSPS) is 16.8. The Morgan fingerprint density at radius 2 is 1.54 bits per heavy atom. The average Bonchev–Trinajstić information content (AvgIpc) is 3.38. The Balaban J connectivity index is 1.44. The molecular weight excluding hydrogens is 665 g/mol. The molecule has 12 heteroatoms. The topological polar surface area (TPSA) is 68.3 Å². The van der Waals surface area contributed by atoms with Gasteiger partial charge in [-0.05, 0) is 87.9 Å². The van der Waals surface area contributed by atoms with Crippen molar-refractivity contribution in [1.29, 1.82) is 0 Å². The lowest BCUT2D eigenvalue weighted by atomic mass is 9.89. The van der Waals surface area contributed by atoms with E-state index in [1.54, 1.807) is 37.3 Å². The molecule has 0 unspecified atom stereocenters. The van der Waals surface area contributed by atoms with Crippen molar-refractivity contribution in [2.45, 2.75) is 77.0 Å². The third-order valence-corrected chi connectivity index (χ3v) is 10.0. The maximum absolute atomic E-state index is 14.4. The third kappa shape index (κ3) is 8.36. The number of amides is 2. The van der Waals surface area contributed by atoms with E-state index >= 15 is 0 Å². The minimum absolute atomic E-state index is 0.0388. The van der Waals surface area contributed by atoms with Gasteiger partial charge in [0.2, 0.25) is 0 Å². The van der Waals surface area contributed by atoms with E-state index < -0.39 is 12.0 Å². The molecule has 3 aromatic carbocycles. The predicted octanol–water partition coefficient (Wildman–Crippen LogP) is 9.95. The standard InChI is InChI=1S/C36H38ClF3N2O5S/c1-35(2,3)47-34(44)41(4)25-13-15-26(16-14-25)42(33(43)32-31(37)28-8-6-7-9-30(28)48-32)21-24-20-23(12-19-29(24)45-5)22-10-17-27(18-11-22)46-36(38,39)40/h6-12,17-20,25-26H,13-16,21H2,1-5H3. The number of halogens is 4. The van der Waals surface area contributed by atoms with Gasteiger partial charge in [0, 0.05) is 41.3 Å². The molecule has 1 saturated carbocycles. The minimum Gasteiger partial charge on any atom is -0.496 e. The largest absolute Gasteiger partial charge is 0.573 e. The SMILES string of the molecule is COc1ccc(-c2ccc(OC(F)(F)F)cc2)cc1CN(C(=O)c1sc2ccccc2c1Cl)C1CCC(N(C)C(=O)OC(C)(C)C)CC1. The molecule has 0 radical (unpaired) electrons. The number of benzene rings is 3. The molecule has 2 amide bonds. The van der Waals surface area contributed by atoms with Gasteiger partial charge in [-0.25, -0.2) is 4.79 Å². The van der Waals surface area contributed by atoms with Crippen LogP contribution in [-0.2, 0) is 11.3 Å². The van der Waals surface area contributed by atoms with Crippen LogP contribution < -0.4 is 9.47 Å². The Bertz CT molecular complexity index is 1760. The molecule has 4 aromatic rings. The molecule has 0 bridgehead atoms. The Morgan fingerprint density at radius 1 is 0.917 bits per heavy atom. The third-order valence-electron chi connectivity index (χ3n) is 8.37. The maximum Gasteiger partial charge on any atom is 0.573 e. The van der Waals surface area contributed by atoms with Gasteiger partial charge in [0.15, 0.2) is 0 Å². The van der Waals surface area contributed by atoms with Gasteiger partial charge in [-0.15, -0.1) is 24.5 Å². The average molecular weight is 703 g/mol. The summed E-state index contributed by atoms with van der Waals surface area (Å²) in [6.07, 6.45) is -2.52. The lowest BCUT2D eigenvalue weighted by Gasteiger charge is -2.40. The number of thiophene rings is 1. The van der Waals surface area contributed by atoms with Crippen molar-refractivity contribution < 1.29 is 37.0 Å². The van der Waals surface area contributed by atoms with Gasteiger partial charge < -0.3 is 24.0 Å². The van der Waals surface area contributed by atoms with Crippen molar-refractivity contribution in [2.24, 2.45) is 0 Å². The summed E-state index contributed by atoms with van der Waals surface area (Å²) < 4.78 is 54.3. The molecule has 0 N–H and O–H groups in total.